The van der Waals surface area contributed by atoms with Gasteiger partial charge in [0.05, 0.1) is 30.7 Å². The van der Waals surface area contributed by atoms with E-state index in [2.05, 4.69) is 15.5 Å². The van der Waals surface area contributed by atoms with Gasteiger partial charge in [-0.2, -0.15) is 10.2 Å². The number of hydrogen-bond acceptors (Lipinski definition) is 4. The van der Waals surface area contributed by atoms with Gasteiger partial charge in [-0.3, -0.25) is 9.36 Å². The molecule has 2 aromatic rings. The molecule has 0 spiro atoms. The van der Waals surface area contributed by atoms with Gasteiger partial charge in [0, 0.05) is 38.2 Å². The molecular formula is C13H19N5O. The van der Waals surface area contributed by atoms with E-state index in [0.29, 0.717) is 6.10 Å². The maximum absolute atomic E-state index is 5.61. The minimum Gasteiger partial charge on any atom is -0.378 e. The number of ether oxygens (including phenoxy) is 1. The summed E-state index contributed by atoms with van der Waals surface area (Å²) < 4.78 is 9.36. The van der Waals surface area contributed by atoms with Crippen molar-refractivity contribution in [2.45, 2.75) is 32.0 Å². The lowest BCUT2D eigenvalue weighted by atomic mass is 10.2. The molecule has 2 aromatic heterocycles. The highest BCUT2D eigenvalue weighted by molar-refractivity contribution is 5.38. The Morgan fingerprint density at radius 3 is 3.05 bits per heavy atom. The number of rotatable bonds is 5. The van der Waals surface area contributed by atoms with E-state index >= 15 is 0 Å². The molecule has 0 aromatic carbocycles. The van der Waals surface area contributed by atoms with Crippen LogP contribution < -0.4 is 5.32 Å². The monoisotopic (exact) mass is 261 g/mol. The van der Waals surface area contributed by atoms with E-state index in [4.69, 9.17) is 4.74 Å². The van der Waals surface area contributed by atoms with Gasteiger partial charge in [-0.15, -0.1) is 0 Å². The molecule has 1 N–H and O–H groups in total. The number of hydrogen-bond donors (Lipinski definition) is 1. The van der Waals surface area contributed by atoms with Crippen LogP contribution in [-0.4, -0.2) is 32.3 Å². The Hall–Kier alpha value is -1.82. The standard InChI is InChI=1S/C13H19N5O/c1-17-8-11(6-15-17)5-14-12-7-16-18(9-12)10-13-3-2-4-19-13/h6-9,13-14H,2-5,10H2,1H3. The Labute approximate surface area is 112 Å². The molecule has 102 valence electrons. The third-order valence-electron chi connectivity index (χ3n) is 3.30. The van der Waals surface area contributed by atoms with Gasteiger partial charge in [-0.25, -0.2) is 0 Å². The fraction of sp³-hybridized carbons (Fsp3) is 0.538. The largest absolute Gasteiger partial charge is 0.378 e. The molecule has 6 nitrogen and oxygen atoms in total. The maximum atomic E-state index is 5.61. The highest BCUT2D eigenvalue weighted by atomic mass is 16.5. The van der Waals surface area contributed by atoms with E-state index in [1.54, 1.807) is 4.68 Å². The molecule has 1 fully saturated rings. The Kier molecular flexibility index (Phi) is 3.50. The molecule has 0 saturated carbocycles. The van der Waals surface area contributed by atoms with Crippen LogP contribution in [0.5, 0.6) is 0 Å². The first-order valence-electron chi connectivity index (χ1n) is 6.65. The van der Waals surface area contributed by atoms with Crippen LogP contribution in [-0.2, 0) is 24.9 Å². The van der Waals surface area contributed by atoms with Crippen molar-refractivity contribution in [1.29, 1.82) is 0 Å². The molecule has 1 aliphatic rings. The van der Waals surface area contributed by atoms with E-state index in [1.165, 1.54) is 0 Å². The zero-order valence-electron chi connectivity index (χ0n) is 11.1. The predicted octanol–water partition coefficient (Wildman–Crippen LogP) is 1.41. The highest BCUT2D eigenvalue weighted by Gasteiger charge is 2.16. The van der Waals surface area contributed by atoms with Crippen LogP contribution in [0.25, 0.3) is 0 Å². The fourth-order valence-corrected chi connectivity index (χ4v) is 2.32. The van der Waals surface area contributed by atoms with Crippen LogP contribution in [0.1, 0.15) is 18.4 Å². The SMILES string of the molecule is Cn1cc(CNc2cnn(CC3CCCO3)c2)cn1. The molecule has 6 heteroatoms. The molecule has 0 radical (unpaired) electrons. The summed E-state index contributed by atoms with van der Waals surface area (Å²) in [4.78, 5) is 0. The average molecular weight is 261 g/mol. The summed E-state index contributed by atoms with van der Waals surface area (Å²) >= 11 is 0. The van der Waals surface area contributed by atoms with Crippen molar-refractivity contribution in [2.24, 2.45) is 7.05 Å². The van der Waals surface area contributed by atoms with Gasteiger partial charge in [0.2, 0.25) is 0 Å². The number of aromatic nitrogens is 4. The van der Waals surface area contributed by atoms with Crippen molar-refractivity contribution in [3.8, 4) is 0 Å². The van der Waals surface area contributed by atoms with Crippen LogP contribution >= 0.6 is 0 Å². The van der Waals surface area contributed by atoms with Gasteiger partial charge in [0.15, 0.2) is 0 Å². The molecule has 0 bridgehead atoms. The van der Waals surface area contributed by atoms with E-state index in [9.17, 15) is 0 Å². The summed E-state index contributed by atoms with van der Waals surface area (Å²) in [6, 6.07) is 0. The third kappa shape index (κ3) is 3.14. The van der Waals surface area contributed by atoms with Crippen molar-refractivity contribution < 1.29 is 4.74 Å². The van der Waals surface area contributed by atoms with Gasteiger partial charge in [0.25, 0.3) is 0 Å². The summed E-state index contributed by atoms with van der Waals surface area (Å²) in [5.74, 6) is 0. The Morgan fingerprint density at radius 2 is 2.32 bits per heavy atom. The van der Waals surface area contributed by atoms with Crippen LogP contribution in [0.4, 0.5) is 5.69 Å². The first-order chi connectivity index (χ1) is 9.29. The van der Waals surface area contributed by atoms with Crippen LogP contribution in [0.2, 0.25) is 0 Å². The topological polar surface area (TPSA) is 56.9 Å². The van der Waals surface area contributed by atoms with Crippen molar-refractivity contribution >= 4 is 5.69 Å². The number of anilines is 1. The van der Waals surface area contributed by atoms with Gasteiger partial charge in [-0.1, -0.05) is 0 Å². The Bertz CT molecular complexity index is 527. The fourth-order valence-electron chi connectivity index (χ4n) is 2.32. The summed E-state index contributed by atoms with van der Waals surface area (Å²) in [6.07, 6.45) is 10.4. The number of nitrogens with zero attached hydrogens (tertiary/aromatic N) is 4. The molecule has 3 rings (SSSR count). The van der Waals surface area contributed by atoms with Gasteiger partial charge in [-0.05, 0) is 12.8 Å². The summed E-state index contributed by atoms with van der Waals surface area (Å²) in [6.45, 7) is 2.49. The second kappa shape index (κ2) is 5.44. The normalized spacial score (nSPS) is 18.9. The first-order valence-corrected chi connectivity index (χ1v) is 6.65. The first kappa shape index (κ1) is 12.2. The van der Waals surface area contributed by atoms with Crippen molar-refractivity contribution in [1.82, 2.24) is 19.6 Å². The molecule has 1 aliphatic heterocycles. The lowest BCUT2D eigenvalue weighted by Gasteiger charge is -2.08. The molecule has 1 saturated heterocycles. The summed E-state index contributed by atoms with van der Waals surface area (Å²) in [5, 5.41) is 11.8. The van der Waals surface area contributed by atoms with E-state index in [1.807, 2.05) is 36.5 Å². The number of aryl methyl sites for hydroxylation is 1. The average Bonchev–Trinajstić information content (AvgIpc) is 3.10. The summed E-state index contributed by atoms with van der Waals surface area (Å²) in [7, 11) is 1.92. The smallest absolute Gasteiger partial charge is 0.0771 e. The van der Waals surface area contributed by atoms with Crippen LogP contribution in [0, 0.1) is 0 Å². The van der Waals surface area contributed by atoms with Crippen molar-refractivity contribution in [3.63, 3.8) is 0 Å². The van der Waals surface area contributed by atoms with E-state index < -0.39 is 0 Å². The van der Waals surface area contributed by atoms with E-state index in [0.717, 1.165) is 43.8 Å². The molecular weight excluding hydrogens is 242 g/mol. The Morgan fingerprint density at radius 1 is 1.37 bits per heavy atom. The van der Waals surface area contributed by atoms with Gasteiger partial charge in [0.1, 0.15) is 0 Å². The Balaban J connectivity index is 1.52. The molecule has 0 aliphatic carbocycles. The minimum absolute atomic E-state index is 0.325. The molecule has 3 heterocycles. The molecule has 1 atom stereocenters. The zero-order valence-corrected chi connectivity index (χ0v) is 11.1. The highest BCUT2D eigenvalue weighted by Crippen LogP contribution is 2.15. The lowest BCUT2D eigenvalue weighted by molar-refractivity contribution is 0.0940. The van der Waals surface area contributed by atoms with Gasteiger partial charge < -0.3 is 10.1 Å². The van der Waals surface area contributed by atoms with Crippen molar-refractivity contribution in [2.75, 3.05) is 11.9 Å². The van der Waals surface area contributed by atoms with Crippen LogP contribution in [0.3, 0.4) is 0 Å². The molecule has 1 unspecified atom stereocenters. The van der Waals surface area contributed by atoms with Crippen molar-refractivity contribution in [3.05, 3.63) is 30.4 Å². The maximum Gasteiger partial charge on any atom is 0.0771 e. The van der Waals surface area contributed by atoms with Gasteiger partial charge >= 0.3 is 0 Å². The quantitative estimate of drug-likeness (QED) is 0.884. The number of nitrogens with one attached hydrogen (secondary N) is 1. The second-order valence-corrected chi connectivity index (χ2v) is 4.96. The molecule has 19 heavy (non-hydrogen) atoms. The van der Waals surface area contributed by atoms with E-state index in [-0.39, 0.29) is 0 Å². The molecule has 0 amide bonds. The van der Waals surface area contributed by atoms with Crippen LogP contribution in [0.15, 0.2) is 24.8 Å². The predicted molar refractivity (Wildman–Crippen MR) is 71.7 cm³/mol. The zero-order chi connectivity index (χ0) is 13.1. The second-order valence-electron chi connectivity index (χ2n) is 4.96. The summed E-state index contributed by atoms with van der Waals surface area (Å²) in [5.41, 5.74) is 2.19. The third-order valence-corrected chi connectivity index (χ3v) is 3.30. The minimum atomic E-state index is 0.325. The lowest BCUT2D eigenvalue weighted by Crippen LogP contribution is -2.15.